The predicted molar refractivity (Wildman–Crippen MR) is 78.4 cm³/mol. The zero-order valence-electron chi connectivity index (χ0n) is 12.4. The van der Waals surface area contributed by atoms with E-state index in [0.717, 1.165) is 5.56 Å². The SMILES string of the molecule is C[C@H](NCc1cccc(B(O)O)c1)C(=O)OC(C)(C)C. The summed E-state index contributed by atoms with van der Waals surface area (Å²) >= 11 is 0. The van der Waals surface area contributed by atoms with Crippen molar-refractivity contribution in [3.63, 3.8) is 0 Å². The van der Waals surface area contributed by atoms with Gasteiger partial charge in [-0.2, -0.15) is 0 Å². The minimum Gasteiger partial charge on any atom is -0.459 e. The number of rotatable bonds is 5. The highest BCUT2D eigenvalue weighted by molar-refractivity contribution is 6.58. The lowest BCUT2D eigenvalue weighted by Crippen LogP contribution is -2.39. The lowest BCUT2D eigenvalue weighted by molar-refractivity contribution is -0.157. The lowest BCUT2D eigenvalue weighted by Gasteiger charge is -2.22. The van der Waals surface area contributed by atoms with Gasteiger partial charge in [-0.25, -0.2) is 0 Å². The number of hydrogen-bond donors (Lipinski definition) is 3. The van der Waals surface area contributed by atoms with E-state index in [1.54, 1.807) is 25.1 Å². The van der Waals surface area contributed by atoms with Crippen LogP contribution >= 0.6 is 0 Å². The van der Waals surface area contributed by atoms with Crippen LogP contribution in [0.5, 0.6) is 0 Å². The molecule has 0 radical (unpaired) electrons. The van der Waals surface area contributed by atoms with Crippen LogP contribution in [0.25, 0.3) is 0 Å². The molecule has 0 saturated heterocycles. The van der Waals surface area contributed by atoms with E-state index < -0.39 is 18.8 Å². The Kier molecular flexibility index (Phi) is 5.74. The fourth-order valence-corrected chi connectivity index (χ4v) is 1.61. The highest BCUT2D eigenvalue weighted by Crippen LogP contribution is 2.08. The summed E-state index contributed by atoms with van der Waals surface area (Å²) in [6, 6.07) is 6.46. The molecular formula is C14H22BNO4. The van der Waals surface area contributed by atoms with Gasteiger partial charge in [0.15, 0.2) is 0 Å². The quantitative estimate of drug-likeness (QED) is 0.529. The first-order chi connectivity index (χ1) is 9.19. The normalized spacial score (nSPS) is 12.9. The third-order valence-corrected chi connectivity index (χ3v) is 2.62. The average molecular weight is 279 g/mol. The Labute approximate surface area is 120 Å². The summed E-state index contributed by atoms with van der Waals surface area (Å²) in [5.41, 5.74) is 0.786. The minimum atomic E-state index is -1.49. The number of hydrogen-bond acceptors (Lipinski definition) is 5. The van der Waals surface area contributed by atoms with Gasteiger partial charge in [0, 0.05) is 6.54 Å². The monoisotopic (exact) mass is 279 g/mol. The summed E-state index contributed by atoms with van der Waals surface area (Å²) in [4.78, 5) is 11.8. The second-order valence-corrected chi connectivity index (χ2v) is 5.75. The van der Waals surface area contributed by atoms with Crippen LogP contribution in [0.2, 0.25) is 0 Å². The molecule has 0 saturated carbocycles. The molecule has 1 rings (SSSR count). The third-order valence-electron chi connectivity index (χ3n) is 2.62. The first-order valence-electron chi connectivity index (χ1n) is 6.60. The zero-order chi connectivity index (χ0) is 15.3. The number of benzene rings is 1. The molecule has 0 aliphatic heterocycles. The second-order valence-electron chi connectivity index (χ2n) is 5.75. The van der Waals surface area contributed by atoms with Crippen LogP contribution in [-0.4, -0.2) is 34.8 Å². The van der Waals surface area contributed by atoms with Gasteiger partial charge in [-0.1, -0.05) is 24.3 Å². The van der Waals surface area contributed by atoms with Crippen molar-refractivity contribution >= 4 is 18.6 Å². The Morgan fingerprint density at radius 2 is 2.05 bits per heavy atom. The molecular weight excluding hydrogens is 257 g/mol. The molecule has 0 amide bonds. The second kappa shape index (κ2) is 6.88. The standard InChI is InChI=1S/C14H22BNO4/c1-10(13(17)20-14(2,3)4)16-9-11-6-5-7-12(8-11)15(18)19/h5-8,10,16,18-19H,9H2,1-4H3/t10-/m0/s1. The van der Waals surface area contributed by atoms with Crippen LogP contribution in [0.1, 0.15) is 33.3 Å². The van der Waals surface area contributed by atoms with Crippen molar-refractivity contribution in [1.29, 1.82) is 0 Å². The maximum atomic E-state index is 11.8. The smallest absolute Gasteiger partial charge is 0.459 e. The Hall–Kier alpha value is -1.37. The van der Waals surface area contributed by atoms with Gasteiger partial charge in [-0.3, -0.25) is 4.79 Å². The van der Waals surface area contributed by atoms with Crippen molar-refractivity contribution in [1.82, 2.24) is 5.32 Å². The molecule has 0 bridgehead atoms. The lowest BCUT2D eigenvalue weighted by atomic mass is 9.79. The largest absolute Gasteiger partial charge is 0.488 e. The molecule has 110 valence electrons. The van der Waals surface area contributed by atoms with Crippen LogP contribution in [0.4, 0.5) is 0 Å². The average Bonchev–Trinajstić information content (AvgIpc) is 2.34. The van der Waals surface area contributed by atoms with Gasteiger partial charge in [-0.05, 0) is 38.7 Å². The number of esters is 1. The molecule has 6 heteroatoms. The zero-order valence-corrected chi connectivity index (χ0v) is 12.4. The summed E-state index contributed by atoms with van der Waals surface area (Å²) in [5, 5.41) is 21.3. The Bertz CT molecular complexity index is 457. The van der Waals surface area contributed by atoms with E-state index >= 15 is 0 Å². The molecule has 5 nitrogen and oxygen atoms in total. The number of carbonyl (C=O) groups is 1. The third kappa shape index (κ3) is 5.73. The van der Waals surface area contributed by atoms with Gasteiger partial charge in [0.2, 0.25) is 0 Å². The van der Waals surface area contributed by atoms with Crippen LogP contribution in [-0.2, 0) is 16.1 Å². The van der Waals surface area contributed by atoms with Crippen molar-refractivity contribution in [2.75, 3.05) is 0 Å². The molecule has 0 spiro atoms. The first kappa shape index (κ1) is 16.7. The van der Waals surface area contributed by atoms with Gasteiger partial charge < -0.3 is 20.1 Å². The molecule has 0 fully saturated rings. The van der Waals surface area contributed by atoms with Crippen molar-refractivity contribution in [2.24, 2.45) is 0 Å². The summed E-state index contributed by atoms with van der Waals surface area (Å²) < 4.78 is 5.27. The summed E-state index contributed by atoms with van der Waals surface area (Å²) in [6.07, 6.45) is 0. The highest BCUT2D eigenvalue weighted by Gasteiger charge is 2.21. The Morgan fingerprint density at radius 1 is 1.40 bits per heavy atom. The van der Waals surface area contributed by atoms with E-state index in [0.29, 0.717) is 12.0 Å². The molecule has 0 aromatic heterocycles. The summed E-state index contributed by atoms with van der Waals surface area (Å²) in [7, 11) is -1.49. The molecule has 1 aromatic carbocycles. The molecule has 0 unspecified atom stereocenters. The molecule has 1 atom stereocenters. The van der Waals surface area contributed by atoms with E-state index in [9.17, 15) is 4.79 Å². The Morgan fingerprint density at radius 3 is 2.60 bits per heavy atom. The number of carbonyl (C=O) groups excluding carboxylic acids is 1. The maximum Gasteiger partial charge on any atom is 0.488 e. The highest BCUT2D eigenvalue weighted by atomic mass is 16.6. The van der Waals surface area contributed by atoms with E-state index in [1.165, 1.54) is 0 Å². The van der Waals surface area contributed by atoms with Crippen LogP contribution in [0.3, 0.4) is 0 Å². The van der Waals surface area contributed by atoms with Crippen LogP contribution in [0, 0.1) is 0 Å². The van der Waals surface area contributed by atoms with Gasteiger partial charge in [0.1, 0.15) is 11.6 Å². The molecule has 0 aliphatic carbocycles. The molecule has 20 heavy (non-hydrogen) atoms. The van der Waals surface area contributed by atoms with Crippen molar-refractivity contribution in [3.8, 4) is 0 Å². The van der Waals surface area contributed by atoms with Gasteiger partial charge >= 0.3 is 13.1 Å². The number of ether oxygens (including phenoxy) is 1. The van der Waals surface area contributed by atoms with E-state index in [4.69, 9.17) is 14.8 Å². The fourth-order valence-electron chi connectivity index (χ4n) is 1.61. The van der Waals surface area contributed by atoms with Crippen LogP contribution in [0.15, 0.2) is 24.3 Å². The van der Waals surface area contributed by atoms with E-state index in [1.807, 2.05) is 26.8 Å². The van der Waals surface area contributed by atoms with Gasteiger partial charge in [-0.15, -0.1) is 0 Å². The molecule has 0 aliphatic rings. The van der Waals surface area contributed by atoms with Gasteiger partial charge in [0.25, 0.3) is 0 Å². The fraction of sp³-hybridized carbons (Fsp3) is 0.500. The van der Waals surface area contributed by atoms with Gasteiger partial charge in [0.05, 0.1) is 0 Å². The van der Waals surface area contributed by atoms with Crippen molar-refractivity contribution < 1.29 is 19.6 Å². The first-order valence-corrected chi connectivity index (χ1v) is 6.60. The Balaban J connectivity index is 2.54. The molecule has 1 aromatic rings. The van der Waals surface area contributed by atoms with Crippen LogP contribution < -0.4 is 10.8 Å². The minimum absolute atomic E-state index is 0.309. The maximum absolute atomic E-state index is 11.8. The van der Waals surface area contributed by atoms with E-state index in [2.05, 4.69) is 5.32 Å². The molecule has 0 heterocycles. The molecule has 3 N–H and O–H groups in total. The predicted octanol–water partition coefficient (Wildman–Crippen LogP) is 0.186. The topological polar surface area (TPSA) is 78.8 Å². The van der Waals surface area contributed by atoms with Crippen molar-refractivity contribution in [2.45, 2.75) is 45.9 Å². The van der Waals surface area contributed by atoms with E-state index in [-0.39, 0.29) is 5.97 Å². The van der Waals surface area contributed by atoms with Crippen molar-refractivity contribution in [3.05, 3.63) is 29.8 Å². The summed E-state index contributed by atoms with van der Waals surface area (Å²) in [5.74, 6) is -0.309. The summed E-state index contributed by atoms with van der Waals surface area (Å²) in [6.45, 7) is 7.65. The number of nitrogens with one attached hydrogen (secondary N) is 1.